The third-order valence-electron chi connectivity index (χ3n) is 6.43. The Balaban J connectivity index is 1.62. The molecule has 1 aromatic heterocycles. The molecule has 0 spiro atoms. The highest BCUT2D eigenvalue weighted by Crippen LogP contribution is 2.38. The summed E-state index contributed by atoms with van der Waals surface area (Å²) in [6.45, 7) is 7.69. The zero-order chi connectivity index (χ0) is 24.1. The normalized spacial score (nSPS) is 14.7. The number of amides is 2. The van der Waals surface area contributed by atoms with Gasteiger partial charge in [0.2, 0.25) is 0 Å². The molecule has 0 radical (unpaired) electrons. The molecule has 1 aliphatic heterocycles. The maximum atomic E-state index is 15.4. The van der Waals surface area contributed by atoms with E-state index in [0.717, 1.165) is 27.8 Å². The van der Waals surface area contributed by atoms with Gasteiger partial charge in [-0.2, -0.15) is 5.10 Å². The minimum absolute atomic E-state index is 0.0282. The summed E-state index contributed by atoms with van der Waals surface area (Å²) in [6.07, 6.45) is 0. The van der Waals surface area contributed by atoms with Crippen LogP contribution in [0.15, 0.2) is 36.4 Å². The monoisotopic (exact) mass is 448 g/mol. The van der Waals surface area contributed by atoms with Gasteiger partial charge in [0.05, 0.1) is 18.8 Å². The van der Waals surface area contributed by atoms with Crippen LogP contribution < -0.4 is 0 Å². The second-order valence-electron chi connectivity index (χ2n) is 9.25. The quantitative estimate of drug-likeness (QED) is 0.646. The molecule has 4 rings (SSSR count). The highest BCUT2D eigenvalue weighted by Gasteiger charge is 2.47. The number of carbonyl (C=O) groups is 2. The average Bonchev–Trinajstić information content (AvgIpc) is 3.12. The molecule has 172 valence electrons. The molecule has 0 saturated carbocycles. The molecule has 2 heterocycles. The molecule has 0 aliphatic carbocycles. The number of nitrogens with zero attached hydrogens (tertiary/aromatic N) is 3. The Labute approximate surface area is 193 Å². The molecule has 33 heavy (non-hydrogen) atoms. The number of halogens is 1. The number of hydrogen-bond donors (Lipinski definition) is 1. The lowest BCUT2D eigenvalue weighted by molar-refractivity contribution is -0.0231. The van der Waals surface area contributed by atoms with Crippen LogP contribution in [-0.4, -0.2) is 59.0 Å². The van der Waals surface area contributed by atoms with Gasteiger partial charge in [0.25, 0.3) is 11.8 Å². The molecule has 1 aliphatic rings. The number of alkyl halides is 1. The minimum Gasteiger partial charge on any atom is -0.343 e. The molecule has 0 atom stereocenters. The molecular weight excluding hydrogens is 419 g/mol. The van der Waals surface area contributed by atoms with Gasteiger partial charge in [-0.15, -0.1) is 0 Å². The van der Waals surface area contributed by atoms with E-state index in [4.69, 9.17) is 0 Å². The Bertz CT molecular complexity index is 1240. The van der Waals surface area contributed by atoms with Crippen molar-refractivity contribution >= 4 is 11.8 Å². The number of rotatable bonds is 4. The van der Waals surface area contributed by atoms with E-state index in [0.29, 0.717) is 22.5 Å². The fourth-order valence-corrected chi connectivity index (χ4v) is 4.34. The molecule has 0 unspecified atom stereocenters. The van der Waals surface area contributed by atoms with Crippen LogP contribution in [0.5, 0.6) is 0 Å². The summed E-state index contributed by atoms with van der Waals surface area (Å²) in [7, 11) is 3.37. The summed E-state index contributed by atoms with van der Waals surface area (Å²) in [5.74, 6) is -0.366. The first-order valence-corrected chi connectivity index (χ1v) is 11.0. The van der Waals surface area contributed by atoms with Gasteiger partial charge in [-0.05, 0) is 50.5 Å². The van der Waals surface area contributed by atoms with Crippen LogP contribution in [0.1, 0.15) is 48.7 Å². The van der Waals surface area contributed by atoms with Gasteiger partial charge < -0.3 is 9.80 Å². The van der Waals surface area contributed by atoms with Crippen LogP contribution in [0.2, 0.25) is 0 Å². The van der Waals surface area contributed by atoms with Crippen molar-refractivity contribution in [3.8, 4) is 11.3 Å². The molecule has 1 N–H and O–H groups in total. The van der Waals surface area contributed by atoms with Crippen molar-refractivity contribution in [1.82, 2.24) is 20.0 Å². The number of benzene rings is 2. The van der Waals surface area contributed by atoms with Crippen LogP contribution in [0.25, 0.3) is 11.3 Å². The Morgan fingerprint density at radius 1 is 1.03 bits per heavy atom. The fourth-order valence-electron chi connectivity index (χ4n) is 4.34. The first-order valence-electron chi connectivity index (χ1n) is 11.0. The standard InChI is InChI=1S/C26H29FN4O2/c1-15-7-9-19(10-8-15)26(27)13-31(14-26)24(32)21-12-20(16(2)11-17(21)3)22-18(4)23(29-28-22)25(33)30(5)6/h7-12H,13-14H2,1-6H3,(H,28,29). The predicted molar refractivity (Wildman–Crippen MR) is 126 cm³/mol. The number of aryl methyl sites for hydroxylation is 3. The topological polar surface area (TPSA) is 69.3 Å². The summed E-state index contributed by atoms with van der Waals surface area (Å²) in [6, 6.07) is 11.1. The number of hydrogen-bond acceptors (Lipinski definition) is 3. The average molecular weight is 449 g/mol. The molecule has 2 aromatic carbocycles. The van der Waals surface area contributed by atoms with Crippen molar-refractivity contribution < 1.29 is 14.0 Å². The smallest absolute Gasteiger partial charge is 0.271 e. The van der Waals surface area contributed by atoms with Gasteiger partial charge in [-0.3, -0.25) is 14.7 Å². The number of aromatic amines is 1. The van der Waals surface area contributed by atoms with E-state index < -0.39 is 5.67 Å². The fraction of sp³-hybridized carbons (Fsp3) is 0.346. The zero-order valence-corrected chi connectivity index (χ0v) is 19.9. The van der Waals surface area contributed by atoms with Crippen molar-refractivity contribution in [2.24, 2.45) is 0 Å². The highest BCUT2D eigenvalue weighted by atomic mass is 19.1. The summed E-state index contributed by atoms with van der Waals surface area (Å²) >= 11 is 0. The number of likely N-dealkylation sites (tertiary alicyclic amines) is 1. The zero-order valence-electron chi connectivity index (χ0n) is 19.9. The van der Waals surface area contributed by atoms with E-state index in [1.54, 1.807) is 31.1 Å². The van der Waals surface area contributed by atoms with Crippen LogP contribution in [0.4, 0.5) is 4.39 Å². The van der Waals surface area contributed by atoms with Crippen molar-refractivity contribution in [3.05, 3.63) is 75.5 Å². The van der Waals surface area contributed by atoms with Crippen LogP contribution in [-0.2, 0) is 5.67 Å². The van der Waals surface area contributed by atoms with Gasteiger partial charge in [0.15, 0.2) is 5.67 Å². The third-order valence-corrected chi connectivity index (χ3v) is 6.43. The Morgan fingerprint density at radius 3 is 2.27 bits per heavy atom. The summed E-state index contributed by atoms with van der Waals surface area (Å²) in [5, 5.41) is 7.21. The van der Waals surface area contributed by atoms with Crippen molar-refractivity contribution in [2.75, 3.05) is 27.2 Å². The SMILES string of the molecule is Cc1ccc(C2(F)CN(C(=O)c3cc(-c4n[nH]c(C(=O)N(C)C)c4C)c(C)cc3C)C2)cc1. The molecule has 1 fully saturated rings. The lowest BCUT2D eigenvalue weighted by Gasteiger charge is -2.45. The minimum atomic E-state index is -1.52. The molecule has 1 saturated heterocycles. The molecule has 2 amide bonds. The lowest BCUT2D eigenvalue weighted by atomic mass is 9.86. The Kier molecular flexibility index (Phi) is 5.60. The maximum absolute atomic E-state index is 15.4. The predicted octanol–water partition coefficient (Wildman–Crippen LogP) is 4.33. The van der Waals surface area contributed by atoms with E-state index in [1.165, 1.54) is 4.90 Å². The van der Waals surface area contributed by atoms with E-state index in [-0.39, 0.29) is 24.9 Å². The Hall–Kier alpha value is -3.48. The molecule has 6 nitrogen and oxygen atoms in total. The van der Waals surface area contributed by atoms with E-state index in [9.17, 15) is 9.59 Å². The lowest BCUT2D eigenvalue weighted by Crippen LogP contribution is -2.58. The van der Waals surface area contributed by atoms with Gasteiger partial charge in [-0.1, -0.05) is 35.9 Å². The van der Waals surface area contributed by atoms with Gasteiger partial charge in [0.1, 0.15) is 5.69 Å². The van der Waals surface area contributed by atoms with Crippen molar-refractivity contribution in [3.63, 3.8) is 0 Å². The van der Waals surface area contributed by atoms with Crippen LogP contribution in [0, 0.1) is 27.7 Å². The van der Waals surface area contributed by atoms with E-state index in [2.05, 4.69) is 10.2 Å². The van der Waals surface area contributed by atoms with Crippen LogP contribution in [0.3, 0.4) is 0 Å². The van der Waals surface area contributed by atoms with Crippen LogP contribution >= 0.6 is 0 Å². The third kappa shape index (κ3) is 3.92. The Morgan fingerprint density at radius 2 is 1.67 bits per heavy atom. The second kappa shape index (κ2) is 8.14. The molecule has 7 heteroatoms. The van der Waals surface area contributed by atoms with E-state index >= 15 is 4.39 Å². The van der Waals surface area contributed by atoms with Crippen molar-refractivity contribution in [2.45, 2.75) is 33.4 Å². The number of carbonyl (C=O) groups excluding carboxylic acids is 2. The molecule has 0 bridgehead atoms. The number of aromatic nitrogens is 2. The van der Waals surface area contributed by atoms with Gasteiger partial charge in [-0.25, -0.2) is 4.39 Å². The highest BCUT2D eigenvalue weighted by molar-refractivity contribution is 5.99. The molecular formula is C26H29FN4O2. The van der Waals surface area contributed by atoms with Crippen molar-refractivity contribution in [1.29, 1.82) is 0 Å². The second-order valence-corrected chi connectivity index (χ2v) is 9.25. The van der Waals surface area contributed by atoms with Gasteiger partial charge in [0, 0.05) is 30.8 Å². The van der Waals surface area contributed by atoms with E-state index in [1.807, 2.05) is 52.0 Å². The summed E-state index contributed by atoms with van der Waals surface area (Å²) in [4.78, 5) is 28.7. The first-order chi connectivity index (χ1) is 15.5. The summed E-state index contributed by atoms with van der Waals surface area (Å²) < 4.78 is 15.4. The largest absolute Gasteiger partial charge is 0.343 e. The number of H-pyrrole nitrogens is 1. The summed E-state index contributed by atoms with van der Waals surface area (Å²) in [5.41, 5.74) is 5.00. The maximum Gasteiger partial charge on any atom is 0.271 e. The first kappa shape index (κ1) is 22.7. The number of nitrogens with one attached hydrogen (secondary N) is 1. The van der Waals surface area contributed by atoms with Gasteiger partial charge >= 0.3 is 0 Å². The molecule has 3 aromatic rings.